The van der Waals surface area contributed by atoms with Crippen LogP contribution in [0.25, 0.3) is 0 Å². The van der Waals surface area contributed by atoms with Crippen molar-refractivity contribution >= 4 is 34.2 Å². The summed E-state index contributed by atoms with van der Waals surface area (Å²) in [7, 11) is 0. The number of aromatic nitrogens is 1. The fraction of sp³-hybridized carbons (Fsp3) is 0.444. The summed E-state index contributed by atoms with van der Waals surface area (Å²) in [6, 6.07) is 0. The van der Waals surface area contributed by atoms with E-state index < -0.39 is 16.0 Å². The van der Waals surface area contributed by atoms with Crippen LogP contribution in [0.2, 0.25) is 0 Å². The van der Waals surface area contributed by atoms with E-state index in [0.29, 0.717) is 12.3 Å². The summed E-state index contributed by atoms with van der Waals surface area (Å²) in [6.45, 7) is 2.56. The maximum absolute atomic E-state index is 11.4. The third-order valence-electron chi connectivity index (χ3n) is 2.05. The van der Waals surface area contributed by atoms with Gasteiger partial charge in [-0.15, -0.1) is 0 Å². The summed E-state index contributed by atoms with van der Waals surface area (Å²) < 4.78 is 1.83. The van der Waals surface area contributed by atoms with Crippen LogP contribution in [0.5, 0.6) is 0 Å². The standard InChI is InChI=1S/C9H11BrN2O3S/c1-6(5-16)2-11-3-7(10)9(13)8(4-11)12(14)15/h3-4,6,16H,2,5H2,1H3. The second kappa shape index (κ2) is 5.49. The van der Waals surface area contributed by atoms with E-state index in [1.807, 2.05) is 6.92 Å². The maximum atomic E-state index is 11.4. The summed E-state index contributed by atoms with van der Waals surface area (Å²) in [6.07, 6.45) is 2.81. The minimum Gasteiger partial charge on any atom is -0.347 e. The molecule has 88 valence electrons. The van der Waals surface area contributed by atoms with Crippen LogP contribution in [0.1, 0.15) is 6.92 Å². The van der Waals surface area contributed by atoms with Crippen LogP contribution in [0.3, 0.4) is 0 Å². The van der Waals surface area contributed by atoms with Crippen molar-refractivity contribution in [1.82, 2.24) is 4.57 Å². The number of thiol groups is 1. The maximum Gasteiger partial charge on any atom is 0.333 e. The Morgan fingerprint density at radius 1 is 1.62 bits per heavy atom. The van der Waals surface area contributed by atoms with Crippen LogP contribution in [0.15, 0.2) is 21.7 Å². The normalized spacial score (nSPS) is 12.4. The lowest BCUT2D eigenvalue weighted by Gasteiger charge is -2.11. The molecule has 1 unspecified atom stereocenters. The predicted octanol–water partition coefficient (Wildman–Crippen LogP) is 2.08. The van der Waals surface area contributed by atoms with E-state index in [0.717, 1.165) is 0 Å². The minimum absolute atomic E-state index is 0.202. The van der Waals surface area contributed by atoms with Crippen LogP contribution >= 0.6 is 28.6 Å². The van der Waals surface area contributed by atoms with Gasteiger partial charge in [0, 0.05) is 12.7 Å². The first kappa shape index (κ1) is 13.2. The van der Waals surface area contributed by atoms with Gasteiger partial charge in [0.2, 0.25) is 0 Å². The number of halogens is 1. The molecule has 0 amide bonds. The highest BCUT2D eigenvalue weighted by atomic mass is 79.9. The molecule has 0 N–H and O–H groups in total. The van der Waals surface area contributed by atoms with Gasteiger partial charge in [-0.1, -0.05) is 6.92 Å². The first-order valence-electron chi connectivity index (χ1n) is 4.60. The van der Waals surface area contributed by atoms with Crippen molar-refractivity contribution in [2.24, 2.45) is 5.92 Å². The zero-order valence-corrected chi connectivity index (χ0v) is 11.1. The summed E-state index contributed by atoms with van der Waals surface area (Å²) in [5.74, 6) is 0.953. The third kappa shape index (κ3) is 3.08. The SMILES string of the molecule is CC(CS)Cn1cc(Br)c(=O)c([N+](=O)[O-])c1. The quantitative estimate of drug-likeness (QED) is 0.526. The summed E-state index contributed by atoms with van der Waals surface area (Å²) >= 11 is 7.16. The molecular formula is C9H11BrN2O3S. The first-order chi connectivity index (χ1) is 7.45. The van der Waals surface area contributed by atoms with Gasteiger partial charge in [0.05, 0.1) is 15.6 Å². The lowest BCUT2D eigenvalue weighted by atomic mass is 10.2. The highest BCUT2D eigenvalue weighted by molar-refractivity contribution is 9.10. The summed E-state index contributed by atoms with van der Waals surface area (Å²) in [5.41, 5.74) is -1.01. The van der Waals surface area contributed by atoms with Crippen LogP contribution in [0.4, 0.5) is 5.69 Å². The van der Waals surface area contributed by atoms with E-state index in [2.05, 4.69) is 28.6 Å². The average molecular weight is 307 g/mol. The van der Waals surface area contributed by atoms with Crippen molar-refractivity contribution < 1.29 is 4.92 Å². The number of hydrogen-bond acceptors (Lipinski definition) is 4. The van der Waals surface area contributed by atoms with E-state index in [1.165, 1.54) is 6.20 Å². The van der Waals surface area contributed by atoms with Gasteiger partial charge in [-0.05, 0) is 27.6 Å². The van der Waals surface area contributed by atoms with Crippen molar-refractivity contribution in [3.63, 3.8) is 0 Å². The lowest BCUT2D eigenvalue weighted by molar-refractivity contribution is -0.386. The van der Waals surface area contributed by atoms with Gasteiger partial charge in [0.25, 0.3) is 5.43 Å². The van der Waals surface area contributed by atoms with Crippen molar-refractivity contribution in [3.8, 4) is 0 Å². The van der Waals surface area contributed by atoms with E-state index in [9.17, 15) is 14.9 Å². The lowest BCUT2D eigenvalue weighted by Crippen LogP contribution is -2.16. The third-order valence-corrected chi connectivity index (χ3v) is 3.24. The number of nitro groups is 1. The van der Waals surface area contributed by atoms with Crippen molar-refractivity contribution in [2.45, 2.75) is 13.5 Å². The average Bonchev–Trinajstić information content (AvgIpc) is 2.22. The molecule has 1 aromatic rings. The van der Waals surface area contributed by atoms with Gasteiger partial charge in [0.1, 0.15) is 0 Å². The second-order valence-electron chi connectivity index (χ2n) is 3.56. The Morgan fingerprint density at radius 2 is 2.25 bits per heavy atom. The molecule has 1 heterocycles. The number of rotatable bonds is 4. The predicted molar refractivity (Wildman–Crippen MR) is 68.1 cm³/mol. The molecule has 0 spiro atoms. The molecule has 0 saturated carbocycles. The van der Waals surface area contributed by atoms with E-state index in [-0.39, 0.29) is 10.4 Å². The molecule has 0 aliphatic carbocycles. The number of nitrogens with zero attached hydrogens (tertiary/aromatic N) is 2. The molecular weight excluding hydrogens is 296 g/mol. The van der Waals surface area contributed by atoms with E-state index >= 15 is 0 Å². The van der Waals surface area contributed by atoms with Gasteiger partial charge in [-0.2, -0.15) is 12.6 Å². The highest BCUT2D eigenvalue weighted by Crippen LogP contribution is 2.12. The van der Waals surface area contributed by atoms with Crippen molar-refractivity contribution in [3.05, 3.63) is 37.2 Å². The van der Waals surface area contributed by atoms with Crippen molar-refractivity contribution in [2.75, 3.05) is 5.75 Å². The summed E-state index contributed by atoms with van der Waals surface area (Å²) in [4.78, 5) is 21.4. The highest BCUT2D eigenvalue weighted by Gasteiger charge is 2.16. The Balaban J connectivity index is 3.14. The molecule has 0 aromatic carbocycles. The van der Waals surface area contributed by atoms with Gasteiger partial charge < -0.3 is 4.57 Å². The van der Waals surface area contributed by atoms with Gasteiger partial charge in [-0.3, -0.25) is 14.9 Å². The monoisotopic (exact) mass is 306 g/mol. The molecule has 0 radical (unpaired) electrons. The molecule has 0 aliphatic rings. The number of pyridine rings is 1. The minimum atomic E-state index is -0.672. The van der Waals surface area contributed by atoms with Gasteiger partial charge in [-0.25, -0.2) is 0 Å². The first-order valence-corrected chi connectivity index (χ1v) is 6.03. The molecule has 0 bridgehead atoms. The summed E-state index contributed by atoms with van der Waals surface area (Å²) in [5, 5.41) is 10.6. The van der Waals surface area contributed by atoms with Gasteiger partial charge in [0.15, 0.2) is 0 Å². The molecule has 7 heteroatoms. The van der Waals surface area contributed by atoms with E-state index in [4.69, 9.17) is 0 Å². The molecule has 1 aromatic heterocycles. The molecule has 5 nitrogen and oxygen atoms in total. The van der Waals surface area contributed by atoms with Gasteiger partial charge >= 0.3 is 5.69 Å². The molecule has 0 saturated heterocycles. The van der Waals surface area contributed by atoms with Crippen LogP contribution in [-0.4, -0.2) is 15.2 Å². The van der Waals surface area contributed by atoms with E-state index in [1.54, 1.807) is 10.8 Å². The Kier molecular flexibility index (Phi) is 4.55. The van der Waals surface area contributed by atoms with Crippen LogP contribution in [0, 0.1) is 16.0 Å². The largest absolute Gasteiger partial charge is 0.347 e. The Hall–Kier alpha value is -0.820. The Morgan fingerprint density at radius 3 is 2.75 bits per heavy atom. The Labute approximate surface area is 106 Å². The molecule has 1 rings (SSSR count). The zero-order chi connectivity index (χ0) is 12.3. The second-order valence-corrected chi connectivity index (χ2v) is 4.78. The smallest absolute Gasteiger partial charge is 0.333 e. The molecule has 0 fully saturated rings. The zero-order valence-electron chi connectivity index (χ0n) is 8.59. The topological polar surface area (TPSA) is 65.1 Å². The molecule has 0 aliphatic heterocycles. The fourth-order valence-corrected chi connectivity index (χ4v) is 1.81. The molecule has 16 heavy (non-hydrogen) atoms. The van der Waals surface area contributed by atoms with Crippen LogP contribution < -0.4 is 5.43 Å². The number of hydrogen-bond donors (Lipinski definition) is 1. The molecule has 1 atom stereocenters. The van der Waals surface area contributed by atoms with Crippen molar-refractivity contribution in [1.29, 1.82) is 0 Å². The Bertz CT molecular complexity index is 461. The fourth-order valence-electron chi connectivity index (χ4n) is 1.23. The van der Waals surface area contributed by atoms with Crippen LogP contribution in [-0.2, 0) is 6.54 Å².